The van der Waals surface area contributed by atoms with Crippen LogP contribution < -0.4 is 10.1 Å². The van der Waals surface area contributed by atoms with Crippen molar-refractivity contribution in [3.05, 3.63) is 12.3 Å². The number of carbonyl (C=O) groups excluding carboxylic acids is 1. The Morgan fingerprint density at radius 2 is 2.50 bits per heavy atom. The molecule has 16 heavy (non-hydrogen) atoms. The highest BCUT2D eigenvalue weighted by atomic mass is 16.5. The highest BCUT2D eigenvalue weighted by Gasteiger charge is 2.21. The number of amides is 1. The number of carbonyl (C=O) groups is 1. The summed E-state index contributed by atoms with van der Waals surface area (Å²) in [4.78, 5) is 19.4. The van der Waals surface area contributed by atoms with Crippen LogP contribution in [0.25, 0.3) is 0 Å². The topological polar surface area (TPSA) is 88.8 Å². The Balaban J connectivity index is 2.02. The maximum Gasteiger partial charge on any atom is 0.318 e. The maximum absolute atomic E-state index is 11.6. The Morgan fingerprint density at radius 3 is 3.19 bits per heavy atom. The van der Waals surface area contributed by atoms with E-state index in [0.717, 1.165) is 0 Å². The van der Waals surface area contributed by atoms with Gasteiger partial charge in [-0.2, -0.15) is 15.2 Å². The second-order valence-electron chi connectivity index (χ2n) is 3.20. The van der Waals surface area contributed by atoms with Crippen LogP contribution in [-0.2, 0) is 4.79 Å². The summed E-state index contributed by atoms with van der Waals surface area (Å²) < 4.78 is 4.85. The minimum absolute atomic E-state index is 0.206. The number of nitrogens with one attached hydrogen (secondary N) is 1. The molecule has 1 amide bonds. The first-order valence-corrected chi connectivity index (χ1v) is 4.84. The van der Waals surface area contributed by atoms with Gasteiger partial charge in [-0.1, -0.05) is 0 Å². The molecule has 0 aromatic carbocycles. The highest BCUT2D eigenvalue weighted by Crippen LogP contribution is 2.12. The number of nitrogens with zero attached hydrogens (tertiary/aromatic N) is 4. The zero-order chi connectivity index (χ0) is 11.4. The van der Waals surface area contributed by atoms with Gasteiger partial charge in [0, 0.05) is 12.6 Å². The third-order valence-electron chi connectivity index (χ3n) is 2.09. The maximum atomic E-state index is 11.6. The fourth-order valence-electron chi connectivity index (χ4n) is 1.30. The van der Waals surface area contributed by atoms with Crippen LogP contribution >= 0.6 is 0 Å². The summed E-state index contributed by atoms with van der Waals surface area (Å²) in [6, 6.07) is 1.40. The van der Waals surface area contributed by atoms with E-state index in [1.807, 2.05) is 0 Å². The third-order valence-corrected chi connectivity index (χ3v) is 2.09. The molecule has 1 aliphatic heterocycles. The molecule has 84 valence electrons. The molecule has 0 saturated carbocycles. The van der Waals surface area contributed by atoms with Crippen molar-refractivity contribution in [1.29, 1.82) is 0 Å². The van der Waals surface area contributed by atoms with Crippen molar-refractivity contribution in [3.8, 4) is 6.01 Å². The Labute approximate surface area is 92.0 Å². The molecular formula is C9H11N5O2. The lowest BCUT2D eigenvalue weighted by molar-refractivity contribution is -0.117. The van der Waals surface area contributed by atoms with E-state index in [1.165, 1.54) is 13.3 Å². The quantitative estimate of drug-likeness (QED) is 0.811. The van der Waals surface area contributed by atoms with Crippen molar-refractivity contribution in [1.82, 2.24) is 9.97 Å². The van der Waals surface area contributed by atoms with E-state index >= 15 is 0 Å². The largest absolute Gasteiger partial charge is 0.467 e. The summed E-state index contributed by atoms with van der Waals surface area (Å²) in [5, 5.41) is 10.2. The predicted molar refractivity (Wildman–Crippen MR) is 55.3 cm³/mol. The molecule has 7 heteroatoms. The van der Waals surface area contributed by atoms with Crippen LogP contribution in [0.15, 0.2) is 22.5 Å². The first-order valence-electron chi connectivity index (χ1n) is 4.84. The molecule has 0 aliphatic carbocycles. The van der Waals surface area contributed by atoms with Gasteiger partial charge in [-0.25, -0.2) is 4.98 Å². The molecular weight excluding hydrogens is 210 g/mol. The summed E-state index contributed by atoms with van der Waals surface area (Å²) in [5.74, 6) is 0.195. The van der Waals surface area contributed by atoms with Gasteiger partial charge in [0.25, 0.3) is 5.91 Å². The zero-order valence-electron chi connectivity index (χ0n) is 8.75. The summed E-state index contributed by atoms with van der Waals surface area (Å²) in [7, 11) is 1.46. The minimum atomic E-state index is -0.402. The number of azo groups is 1. The van der Waals surface area contributed by atoms with E-state index in [-0.39, 0.29) is 11.9 Å². The van der Waals surface area contributed by atoms with Gasteiger partial charge in [0.1, 0.15) is 5.82 Å². The Hall–Kier alpha value is -2.05. The molecule has 0 fully saturated rings. The summed E-state index contributed by atoms with van der Waals surface area (Å²) in [5.41, 5.74) is 0. The SMILES string of the molecule is COc1nccc(NC(=O)C2CCN=N2)n1. The lowest BCUT2D eigenvalue weighted by Gasteiger charge is -2.07. The smallest absolute Gasteiger partial charge is 0.318 e. The Kier molecular flexibility index (Phi) is 3.04. The van der Waals surface area contributed by atoms with Crippen LogP contribution in [0.4, 0.5) is 5.82 Å². The van der Waals surface area contributed by atoms with Gasteiger partial charge in [-0.15, -0.1) is 0 Å². The van der Waals surface area contributed by atoms with Gasteiger partial charge in [-0.05, 0) is 6.07 Å². The molecule has 1 aliphatic rings. The van der Waals surface area contributed by atoms with E-state index in [9.17, 15) is 4.79 Å². The van der Waals surface area contributed by atoms with Crippen LogP contribution in [0.3, 0.4) is 0 Å². The number of ether oxygens (including phenoxy) is 1. The first-order chi connectivity index (χ1) is 7.79. The molecule has 1 aromatic rings. The van der Waals surface area contributed by atoms with Gasteiger partial charge in [-0.3, -0.25) is 4.79 Å². The molecule has 0 bridgehead atoms. The molecule has 1 aromatic heterocycles. The monoisotopic (exact) mass is 221 g/mol. The van der Waals surface area contributed by atoms with Crippen LogP contribution in [-0.4, -0.2) is 35.6 Å². The van der Waals surface area contributed by atoms with Crippen LogP contribution in [0.5, 0.6) is 6.01 Å². The second-order valence-corrected chi connectivity index (χ2v) is 3.20. The lowest BCUT2D eigenvalue weighted by Crippen LogP contribution is -2.25. The van der Waals surface area contributed by atoms with E-state index in [4.69, 9.17) is 4.74 Å². The molecule has 2 heterocycles. The van der Waals surface area contributed by atoms with Crippen LogP contribution in [0.1, 0.15) is 6.42 Å². The average molecular weight is 221 g/mol. The number of hydrogen-bond donors (Lipinski definition) is 1. The van der Waals surface area contributed by atoms with Gasteiger partial charge >= 0.3 is 6.01 Å². The molecule has 1 atom stereocenters. The van der Waals surface area contributed by atoms with Crippen molar-refractivity contribution in [2.75, 3.05) is 19.0 Å². The van der Waals surface area contributed by atoms with E-state index in [2.05, 4.69) is 25.5 Å². The molecule has 7 nitrogen and oxygen atoms in total. The van der Waals surface area contributed by atoms with Crippen molar-refractivity contribution in [2.45, 2.75) is 12.5 Å². The van der Waals surface area contributed by atoms with Crippen molar-refractivity contribution in [3.63, 3.8) is 0 Å². The van der Waals surface area contributed by atoms with Crippen LogP contribution in [0.2, 0.25) is 0 Å². The molecule has 1 unspecified atom stereocenters. The molecule has 2 rings (SSSR count). The second kappa shape index (κ2) is 4.65. The highest BCUT2D eigenvalue weighted by molar-refractivity contribution is 5.94. The number of rotatable bonds is 3. The lowest BCUT2D eigenvalue weighted by atomic mass is 10.2. The van der Waals surface area contributed by atoms with Crippen molar-refractivity contribution in [2.24, 2.45) is 10.2 Å². The molecule has 0 spiro atoms. The molecule has 0 saturated heterocycles. The summed E-state index contributed by atoms with van der Waals surface area (Å²) in [6.45, 7) is 0.602. The third kappa shape index (κ3) is 2.30. The fraction of sp³-hybridized carbons (Fsp3) is 0.444. The van der Waals surface area contributed by atoms with Gasteiger partial charge in [0.15, 0.2) is 6.04 Å². The van der Waals surface area contributed by atoms with E-state index in [0.29, 0.717) is 18.8 Å². The number of methoxy groups -OCH3 is 1. The standard InChI is InChI=1S/C9H11N5O2/c1-16-9-10-4-3-7(13-9)12-8(15)6-2-5-11-14-6/h3-4,6H,2,5H2,1H3,(H,10,12,13,15). The number of anilines is 1. The number of aromatic nitrogens is 2. The van der Waals surface area contributed by atoms with Crippen molar-refractivity contribution < 1.29 is 9.53 Å². The van der Waals surface area contributed by atoms with Gasteiger partial charge in [0.2, 0.25) is 0 Å². The summed E-state index contributed by atoms with van der Waals surface area (Å²) in [6.07, 6.45) is 2.16. The zero-order valence-corrected chi connectivity index (χ0v) is 8.75. The number of hydrogen-bond acceptors (Lipinski definition) is 6. The molecule has 0 radical (unpaired) electrons. The van der Waals surface area contributed by atoms with E-state index < -0.39 is 6.04 Å². The molecule has 1 N–H and O–H groups in total. The minimum Gasteiger partial charge on any atom is -0.467 e. The summed E-state index contributed by atoms with van der Waals surface area (Å²) >= 11 is 0. The fourth-order valence-corrected chi connectivity index (χ4v) is 1.30. The Morgan fingerprint density at radius 1 is 1.62 bits per heavy atom. The Bertz CT molecular complexity index is 420. The first kappa shape index (κ1) is 10.5. The van der Waals surface area contributed by atoms with E-state index in [1.54, 1.807) is 6.07 Å². The van der Waals surface area contributed by atoms with Gasteiger partial charge in [0.05, 0.1) is 13.7 Å². The average Bonchev–Trinajstić information content (AvgIpc) is 2.83. The normalized spacial score (nSPS) is 18.4. The van der Waals surface area contributed by atoms with Crippen LogP contribution in [0, 0.1) is 0 Å². The van der Waals surface area contributed by atoms with Crippen molar-refractivity contribution >= 4 is 11.7 Å². The predicted octanol–water partition coefficient (Wildman–Crippen LogP) is 0.648. The van der Waals surface area contributed by atoms with Gasteiger partial charge < -0.3 is 10.1 Å².